The molecule has 25 heavy (non-hydrogen) atoms. The lowest BCUT2D eigenvalue weighted by Crippen LogP contribution is -2.45. The van der Waals surface area contributed by atoms with Gasteiger partial charge >= 0.3 is 0 Å². The van der Waals surface area contributed by atoms with Crippen LogP contribution in [-0.2, 0) is 10.5 Å². The zero-order valence-electron chi connectivity index (χ0n) is 14.4. The number of hydrogen-bond donors (Lipinski definition) is 1. The Labute approximate surface area is 145 Å². The smallest absolute Gasteiger partial charge is 0.230 e. The van der Waals surface area contributed by atoms with E-state index >= 15 is 0 Å². The van der Waals surface area contributed by atoms with Crippen molar-refractivity contribution in [1.29, 1.82) is 0 Å². The van der Waals surface area contributed by atoms with Crippen LogP contribution in [-0.4, -0.2) is 38.0 Å². The average molecular weight is 336 g/mol. The Morgan fingerprint density at radius 2 is 1.80 bits per heavy atom. The van der Waals surface area contributed by atoms with Gasteiger partial charge in [-0.2, -0.15) is 0 Å². The molecule has 1 aliphatic rings. The summed E-state index contributed by atoms with van der Waals surface area (Å²) >= 11 is 0. The number of aryl methyl sites for hydroxylation is 1. The molecule has 6 heteroatoms. The fourth-order valence-corrected chi connectivity index (χ4v) is 3.79. The third-order valence-electron chi connectivity index (χ3n) is 5.23. The SMILES string of the molecule is Cc1ccc(C2(O)C(n3nnc4ccccc43)C(C)C(=O)N2C)cc1. The van der Waals surface area contributed by atoms with E-state index in [1.54, 1.807) is 11.7 Å². The summed E-state index contributed by atoms with van der Waals surface area (Å²) < 4.78 is 1.68. The number of carbonyl (C=O) groups excluding carboxylic acids is 1. The molecule has 4 rings (SSSR count). The van der Waals surface area contributed by atoms with E-state index in [1.165, 1.54) is 4.90 Å². The molecule has 1 aliphatic heterocycles. The van der Waals surface area contributed by atoms with E-state index in [4.69, 9.17) is 0 Å². The molecule has 0 radical (unpaired) electrons. The van der Waals surface area contributed by atoms with E-state index in [0.717, 1.165) is 16.6 Å². The second kappa shape index (κ2) is 5.39. The van der Waals surface area contributed by atoms with Gasteiger partial charge in [0.2, 0.25) is 5.91 Å². The largest absolute Gasteiger partial charge is 0.365 e. The van der Waals surface area contributed by atoms with Crippen LogP contribution in [0.25, 0.3) is 11.0 Å². The van der Waals surface area contributed by atoms with Crippen LogP contribution in [0, 0.1) is 12.8 Å². The number of aromatic nitrogens is 3. The Bertz CT molecular complexity index is 949. The van der Waals surface area contributed by atoms with Crippen LogP contribution in [0.5, 0.6) is 0 Å². The zero-order chi connectivity index (χ0) is 17.8. The van der Waals surface area contributed by atoms with Gasteiger partial charge in [0.15, 0.2) is 5.72 Å². The first kappa shape index (κ1) is 15.8. The molecule has 1 amide bonds. The topological polar surface area (TPSA) is 71.2 Å². The standard InChI is InChI=1S/C19H20N4O2/c1-12-8-10-14(11-9-12)19(25)17(13(2)18(24)22(19)3)23-16-7-5-4-6-15(16)20-21-23/h4-11,13,17,25H,1-3H3. The molecule has 1 fully saturated rings. The van der Waals surface area contributed by atoms with Crippen LogP contribution < -0.4 is 0 Å². The molecule has 3 unspecified atom stereocenters. The van der Waals surface area contributed by atoms with Gasteiger partial charge in [0.1, 0.15) is 11.6 Å². The number of carbonyl (C=O) groups is 1. The van der Waals surface area contributed by atoms with Crippen molar-refractivity contribution in [3.05, 3.63) is 59.7 Å². The van der Waals surface area contributed by atoms with Gasteiger partial charge < -0.3 is 10.0 Å². The Morgan fingerprint density at radius 3 is 2.52 bits per heavy atom. The van der Waals surface area contributed by atoms with Gasteiger partial charge in [0.25, 0.3) is 0 Å². The summed E-state index contributed by atoms with van der Waals surface area (Å²) in [5.74, 6) is -0.547. The van der Waals surface area contributed by atoms with Gasteiger partial charge in [-0.3, -0.25) is 4.79 Å². The molecular formula is C19H20N4O2. The number of amides is 1. The lowest BCUT2D eigenvalue weighted by atomic mass is 9.90. The quantitative estimate of drug-likeness (QED) is 0.779. The molecule has 3 aromatic rings. The fourth-order valence-electron chi connectivity index (χ4n) is 3.79. The minimum Gasteiger partial charge on any atom is -0.365 e. The summed E-state index contributed by atoms with van der Waals surface area (Å²) in [4.78, 5) is 14.1. The maximum absolute atomic E-state index is 12.7. The third-order valence-corrected chi connectivity index (χ3v) is 5.23. The Balaban J connectivity index is 1.94. The number of hydrogen-bond acceptors (Lipinski definition) is 4. The average Bonchev–Trinajstić information content (AvgIpc) is 3.10. The number of fused-ring (bicyclic) bond motifs is 1. The van der Waals surface area contributed by atoms with Crippen molar-refractivity contribution in [2.24, 2.45) is 5.92 Å². The highest BCUT2D eigenvalue weighted by atomic mass is 16.3. The molecule has 2 heterocycles. The number of para-hydroxylation sites is 1. The molecule has 1 aromatic heterocycles. The molecule has 128 valence electrons. The van der Waals surface area contributed by atoms with Gasteiger partial charge in [-0.05, 0) is 19.1 Å². The van der Waals surface area contributed by atoms with Crippen molar-refractivity contribution in [2.45, 2.75) is 25.6 Å². The van der Waals surface area contributed by atoms with Crippen LogP contribution in [0.1, 0.15) is 24.1 Å². The minimum absolute atomic E-state index is 0.118. The second-order valence-corrected chi connectivity index (χ2v) is 6.75. The first-order valence-electron chi connectivity index (χ1n) is 8.31. The Morgan fingerprint density at radius 1 is 1.12 bits per heavy atom. The van der Waals surface area contributed by atoms with Gasteiger partial charge in [0.05, 0.1) is 11.4 Å². The molecule has 6 nitrogen and oxygen atoms in total. The Hall–Kier alpha value is -2.73. The first-order chi connectivity index (χ1) is 11.9. The normalized spacial score (nSPS) is 26.6. The van der Waals surface area contributed by atoms with E-state index < -0.39 is 17.7 Å². The number of aliphatic hydroxyl groups is 1. The molecule has 1 N–H and O–H groups in total. The summed E-state index contributed by atoms with van der Waals surface area (Å²) in [5.41, 5.74) is 1.81. The Kier molecular flexibility index (Phi) is 3.40. The minimum atomic E-state index is -1.49. The van der Waals surface area contributed by atoms with E-state index in [0.29, 0.717) is 5.56 Å². The molecule has 0 spiro atoms. The molecule has 2 aromatic carbocycles. The monoisotopic (exact) mass is 336 g/mol. The molecule has 1 saturated heterocycles. The maximum atomic E-state index is 12.7. The molecule has 0 saturated carbocycles. The highest BCUT2D eigenvalue weighted by Crippen LogP contribution is 2.47. The molecule has 0 aliphatic carbocycles. The predicted molar refractivity (Wildman–Crippen MR) is 93.6 cm³/mol. The van der Waals surface area contributed by atoms with Crippen LogP contribution in [0.15, 0.2) is 48.5 Å². The fraction of sp³-hybridized carbons (Fsp3) is 0.316. The second-order valence-electron chi connectivity index (χ2n) is 6.75. The van der Waals surface area contributed by atoms with E-state index in [2.05, 4.69) is 10.3 Å². The van der Waals surface area contributed by atoms with Crippen molar-refractivity contribution in [1.82, 2.24) is 19.9 Å². The van der Waals surface area contributed by atoms with Gasteiger partial charge in [-0.25, -0.2) is 4.68 Å². The predicted octanol–water partition coefficient (Wildman–Crippen LogP) is 2.23. The van der Waals surface area contributed by atoms with E-state index in [1.807, 2.05) is 62.4 Å². The third kappa shape index (κ3) is 2.10. The van der Waals surface area contributed by atoms with Crippen molar-refractivity contribution in [3.8, 4) is 0 Å². The summed E-state index contributed by atoms with van der Waals surface area (Å²) in [6.45, 7) is 3.81. The lowest BCUT2D eigenvalue weighted by molar-refractivity contribution is -0.147. The van der Waals surface area contributed by atoms with Crippen LogP contribution in [0.2, 0.25) is 0 Å². The van der Waals surface area contributed by atoms with Crippen LogP contribution in [0.4, 0.5) is 0 Å². The number of rotatable bonds is 2. The number of likely N-dealkylation sites (N-methyl/N-ethyl adjacent to an activating group) is 1. The summed E-state index contributed by atoms with van der Waals surface area (Å²) in [7, 11) is 1.64. The first-order valence-corrected chi connectivity index (χ1v) is 8.31. The number of nitrogens with zero attached hydrogens (tertiary/aromatic N) is 4. The molecule has 3 atom stereocenters. The van der Waals surface area contributed by atoms with Gasteiger partial charge in [-0.1, -0.05) is 54.1 Å². The summed E-state index contributed by atoms with van der Waals surface area (Å²) in [6, 6.07) is 14.6. The highest BCUT2D eigenvalue weighted by Gasteiger charge is 2.57. The van der Waals surface area contributed by atoms with Crippen molar-refractivity contribution in [3.63, 3.8) is 0 Å². The van der Waals surface area contributed by atoms with Gasteiger partial charge in [0, 0.05) is 12.6 Å². The van der Waals surface area contributed by atoms with Crippen molar-refractivity contribution in [2.75, 3.05) is 7.05 Å². The van der Waals surface area contributed by atoms with Crippen LogP contribution in [0.3, 0.4) is 0 Å². The highest BCUT2D eigenvalue weighted by molar-refractivity contribution is 5.83. The van der Waals surface area contributed by atoms with E-state index in [9.17, 15) is 9.90 Å². The van der Waals surface area contributed by atoms with Crippen molar-refractivity contribution >= 4 is 16.9 Å². The van der Waals surface area contributed by atoms with Crippen LogP contribution >= 0.6 is 0 Å². The molecule has 0 bridgehead atoms. The maximum Gasteiger partial charge on any atom is 0.230 e. The molecular weight excluding hydrogens is 316 g/mol. The van der Waals surface area contributed by atoms with E-state index in [-0.39, 0.29) is 5.91 Å². The zero-order valence-corrected chi connectivity index (χ0v) is 14.4. The van der Waals surface area contributed by atoms with Gasteiger partial charge in [-0.15, -0.1) is 5.10 Å². The lowest BCUT2D eigenvalue weighted by Gasteiger charge is -2.36. The number of benzene rings is 2. The van der Waals surface area contributed by atoms with Crippen molar-refractivity contribution < 1.29 is 9.90 Å². The summed E-state index contributed by atoms with van der Waals surface area (Å²) in [5, 5.41) is 20.1. The summed E-state index contributed by atoms with van der Waals surface area (Å²) in [6.07, 6.45) is 0. The number of likely N-dealkylation sites (tertiary alicyclic amines) is 1.